The standard InChI is InChI=1S/C17H23F3N2O3/c1-10-4-12(5-11(2)15(10)25-9-17(18,19)20)8-22(3)16(24)14-6-13(23)7-21-14/h4-5,13-14,21,23H,6-9H2,1-3H3/t13-,14+/m1/s1. The highest BCUT2D eigenvalue weighted by atomic mass is 19.4. The van der Waals surface area contributed by atoms with Crippen molar-refractivity contribution in [2.45, 2.75) is 45.1 Å². The molecule has 0 unspecified atom stereocenters. The fourth-order valence-corrected chi connectivity index (χ4v) is 3.04. The van der Waals surface area contributed by atoms with Gasteiger partial charge in [0.25, 0.3) is 0 Å². The molecule has 0 aliphatic carbocycles. The van der Waals surface area contributed by atoms with Crippen molar-refractivity contribution in [2.24, 2.45) is 0 Å². The van der Waals surface area contributed by atoms with E-state index in [1.165, 1.54) is 0 Å². The van der Waals surface area contributed by atoms with Gasteiger partial charge in [-0.25, -0.2) is 0 Å². The zero-order valence-electron chi connectivity index (χ0n) is 14.5. The number of hydrogen-bond donors (Lipinski definition) is 2. The highest BCUT2D eigenvalue weighted by Gasteiger charge is 2.30. The molecule has 2 rings (SSSR count). The van der Waals surface area contributed by atoms with Crippen molar-refractivity contribution in [3.8, 4) is 5.75 Å². The summed E-state index contributed by atoms with van der Waals surface area (Å²) in [6.45, 7) is 2.75. The summed E-state index contributed by atoms with van der Waals surface area (Å²) >= 11 is 0. The second kappa shape index (κ2) is 7.61. The molecule has 0 spiro atoms. The van der Waals surface area contributed by atoms with E-state index in [9.17, 15) is 23.1 Å². The van der Waals surface area contributed by atoms with E-state index < -0.39 is 24.9 Å². The summed E-state index contributed by atoms with van der Waals surface area (Å²) in [7, 11) is 1.66. The van der Waals surface area contributed by atoms with Crippen molar-refractivity contribution in [2.75, 3.05) is 20.2 Å². The summed E-state index contributed by atoms with van der Waals surface area (Å²) in [5.74, 6) is 0.0971. The van der Waals surface area contributed by atoms with Gasteiger partial charge in [-0.1, -0.05) is 12.1 Å². The van der Waals surface area contributed by atoms with Crippen LogP contribution in [0, 0.1) is 13.8 Å². The number of carbonyl (C=O) groups is 1. The summed E-state index contributed by atoms with van der Waals surface area (Å²) in [6.07, 6.45) is -4.52. The van der Waals surface area contributed by atoms with Crippen molar-refractivity contribution in [1.29, 1.82) is 0 Å². The molecule has 0 saturated carbocycles. The largest absolute Gasteiger partial charge is 0.484 e. The lowest BCUT2D eigenvalue weighted by Gasteiger charge is -2.22. The Morgan fingerprint density at radius 2 is 1.96 bits per heavy atom. The van der Waals surface area contributed by atoms with E-state index in [1.807, 2.05) is 0 Å². The lowest BCUT2D eigenvalue weighted by atomic mass is 10.0. The van der Waals surface area contributed by atoms with Gasteiger partial charge in [0, 0.05) is 20.1 Å². The third-order valence-corrected chi connectivity index (χ3v) is 4.10. The third kappa shape index (κ3) is 5.34. The first kappa shape index (κ1) is 19.5. The van der Waals surface area contributed by atoms with Crippen LogP contribution in [-0.4, -0.2) is 54.4 Å². The normalized spacial score (nSPS) is 20.6. The van der Waals surface area contributed by atoms with Crippen LogP contribution >= 0.6 is 0 Å². The van der Waals surface area contributed by atoms with Crippen molar-refractivity contribution >= 4 is 5.91 Å². The number of aliphatic hydroxyl groups excluding tert-OH is 1. The highest BCUT2D eigenvalue weighted by Crippen LogP contribution is 2.27. The molecule has 8 heteroatoms. The molecule has 1 fully saturated rings. The van der Waals surface area contributed by atoms with Crippen LogP contribution in [0.1, 0.15) is 23.1 Å². The van der Waals surface area contributed by atoms with Gasteiger partial charge >= 0.3 is 6.18 Å². The van der Waals surface area contributed by atoms with E-state index >= 15 is 0 Å². The second-order valence-electron chi connectivity index (χ2n) is 6.51. The molecule has 5 nitrogen and oxygen atoms in total. The number of ether oxygens (including phenoxy) is 1. The maximum absolute atomic E-state index is 12.3. The molecule has 2 N–H and O–H groups in total. The molecular formula is C17H23F3N2O3. The van der Waals surface area contributed by atoms with Crippen LogP contribution in [0.15, 0.2) is 12.1 Å². The molecule has 1 aromatic rings. The van der Waals surface area contributed by atoms with E-state index in [2.05, 4.69) is 5.32 Å². The number of likely N-dealkylation sites (N-methyl/N-ethyl adjacent to an activating group) is 1. The van der Waals surface area contributed by atoms with Gasteiger partial charge in [-0.15, -0.1) is 0 Å². The topological polar surface area (TPSA) is 61.8 Å². The summed E-state index contributed by atoms with van der Waals surface area (Å²) in [4.78, 5) is 13.9. The van der Waals surface area contributed by atoms with Crippen LogP contribution in [0.3, 0.4) is 0 Å². The van der Waals surface area contributed by atoms with Crippen molar-refractivity contribution in [1.82, 2.24) is 10.2 Å². The van der Waals surface area contributed by atoms with Crippen LogP contribution in [0.25, 0.3) is 0 Å². The number of benzene rings is 1. The van der Waals surface area contributed by atoms with Gasteiger partial charge in [0.2, 0.25) is 5.91 Å². The Hall–Kier alpha value is -1.80. The molecule has 1 heterocycles. The minimum absolute atomic E-state index is 0.121. The van der Waals surface area contributed by atoms with Gasteiger partial charge in [0.1, 0.15) is 5.75 Å². The number of aliphatic hydroxyl groups is 1. The molecule has 25 heavy (non-hydrogen) atoms. The van der Waals surface area contributed by atoms with E-state index in [0.29, 0.717) is 30.6 Å². The van der Waals surface area contributed by atoms with E-state index in [1.54, 1.807) is 37.9 Å². The third-order valence-electron chi connectivity index (χ3n) is 4.10. The first-order valence-corrected chi connectivity index (χ1v) is 8.03. The molecule has 1 aromatic carbocycles. The van der Waals surface area contributed by atoms with E-state index in [-0.39, 0.29) is 11.7 Å². The molecule has 1 aliphatic heterocycles. The van der Waals surface area contributed by atoms with Crippen LogP contribution < -0.4 is 10.1 Å². The average Bonchev–Trinajstić information content (AvgIpc) is 2.90. The van der Waals surface area contributed by atoms with Gasteiger partial charge in [-0.3, -0.25) is 4.79 Å². The smallest absolute Gasteiger partial charge is 0.422 e. The van der Waals surface area contributed by atoms with Gasteiger partial charge in [0.15, 0.2) is 6.61 Å². The average molecular weight is 360 g/mol. The van der Waals surface area contributed by atoms with Gasteiger partial charge in [0.05, 0.1) is 12.1 Å². The Balaban J connectivity index is 2.04. The van der Waals surface area contributed by atoms with E-state index in [4.69, 9.17) is 4.74 Å². The van der Waals surface area contributed by atoms with Crippen LogP contribution in [0.5, 0.6) is 5.75 Å². The van der Waals surface area contributed by atoms with Crippen LogP contribution in [0.2, 0.25) is 0 Å². The molecule has 1 aliphatic rings. The minimum atomic E-state index is -4.39. The maximum atomic E-state index is 12.3. The predicted molar refractivity (Wildman–Crippen MR) is 86.4 cm³/mol. The van der Waals surface area contributed by atoms with Gasteiger partial charge in [-0.2, -0.15) is 13.2 Å². The summed E-state index contributed by atoms with van der Waals surface area (Å²) in [5, 5.41) is 12.5. The Morgan fingerprint density at radius 3 is 2.44 bits per heavy atom. The number of nitrogens with zero attached hydrogens (tertiary/aromatic N) is 1. The van der Waals surface area contributed by atoms with Crippen molar-refractivity contribution < 1.29 is 27.8 Å². The van der Waals surface area contributed by atoms with Crippen LogP contribution in [-0.2, 0) is 11.3 Å². The van der Waals surface area contributed by atoms with Gasteiger partial charge < -0.3 is 20.1 Å². The van der Waals surface area contributed by atoms with Gasteiger partial charge in [-0.05, 0) is 37.0 Å². The molecule has 1 saturated heterocycles. The molecule has 0 bridgehead atoms. The Kier molecular flexibility index (Phi) is 5.95. The summed E-state index contributed by atoms with van der Waals surface area (Å²) in [5.41, 5.74) is 1.99. The molecule has 140 valence electrons. The van der Waals surface area contributed by atoms with Crippen molar-refractivity contribution in [3.63, 3.8) is 0 Å². The number of carbonyl (C=O) groups excluding carboxylic acids is 1. The fourth-order valence-electron chi connectivity index (χ4n) is 3.04. The quantitative estimate of drug-likeness (QED) is 0.842. The number of nitrogens with one attached hydrogen (secondary N) is 1. The van der Waals surface area contributed by atoms with Crippen molar-refractivity contribution in [3.05, 3.63) is 28.8 Å². The Bertz CT molecular complexity index is 611. The number of rotatable bonds is 5. The Labute approximate surface area is 144 Å². The first-order valence-electron chi connectivity index (χ1n) is 8.03. The monoisotopic (exact) mass is 360 g/mol. The number of hydrogen-bond acceptors (Lipinski definition) is 4. The zero-order chi connectivity index (χ0) is 18.8. The van der Waals surface area contributed by atoms with Crippen LogP contribution in [0.4, 0.5) is 13.2 Å². The lowest BCUT2D eigenvalue weighted by molar-refractivity contribution is -0.153. The number of β-amino-alcohol motifs (C(OH)–C–C–N with tert-alkyl or cyclic N) is 1. The number of aryl methyl sites for hydroxylation is 2. The zero-order valence-corrected chi connectivity index (χ0v) is 14.5. The molecule has 0 radical (unpaired) electrons. The molecule has 2 atom stereocenters. The summed E-state index contributed by atoms with van der Waals surface area (Å²) < 4.78 is 41.9. The first-order chi connectivity index (χ1) is 11.6. The summed E-state index contributed by atoms with van der Waals surface area (Å²) in [6, 6.07) is 3.04. The molecule has 1 amide bonds. The number of alkyl halides is 3. The Morgan fingerprint density at radius 1 is 1.36 bits per heavy atom. The predicted octanol–water partition coefficient (Wildman–Crippen LogP) is 1.93. The number of halogens is 3. The van der Waals surface area contributed by atoms with E-state index in [0.717, 1.165) is 5.56 Å². The lowest BCUT2D eigenvalue weighted by Crippen LogP contribution is -2.41. The SMILES string of the molecule is Cc1cc(CN(C)C(=O)[C@@H]2C[C@@H](O)CN2)cc(C)c1OCC(F)(F)F. The fraction of sp³-hybridized carbons (Fsp3) is 0.588. The minimum Gasteiger partial charge on any atom is -0.484 e. The highest BCUT2D eigenvalue weighted by molar-refractivity contribution is 5.82. The maximum Gasteiger partial charge on any atom is 0.422 e. The number of amides is 1. The molecule has 0 aromatic heterocycles. The molecular weight excluding hydrogens is 337 g/mol. The second-order valence-corrected chi connectivity index (χ2v) is 6.51.